The van der Waals surface area contributed by atoms with Crippen LogP contribution in [0.2, 0.25) is 5.02 Å². The largest absolute Gasteiger partial charge is 0.493 e. The van der Waals surface area contributed by atoms with Crippen LogP contribution in [0, 0.1) is 5.92 Å². The molecule has 0 aromatic heterocycles. The van der Waals surface area contributed by atoms with Gasteiger partial charge in [-0.3, -0.25) is 9.69 Å². The summed E-state index contributed by atoms with van der Waals surface area (Å²) in [7, 11) is 1.70. The number of benzene rings is 2. The lowest BCUT2D eigenvalue weighted by Gasteiger charge is -2.67. The zero-order valence-corrected chi connectivity index (χ0v) is 23.8. The number of hydrogen-bond acceptors (Lipinski definition) is 6. The first-order valence-electron chi connectivity index (χ1n) is 14.9. The molecule has 2 aromatic carbocycles. The zero-order chi connectivity index (χ0) is 27.1. The second-order valence-electron chi connectivity index (χ2n) is 12.7. The topological polar surface area (TPSA) is 69.3 Å². The van der Waals surface area contributed by atoms with Gasteiger partial charge in [-0.15, -0.1) is 0 Å². The molecule has 4 atom stereocenters. The maximum absolute atomic E-state index is 14.0. The van der Waals surface area contributed by atoms with Gasteiger partial charge in [0.1, 0.15) is 0 Å². The van der Waals surface area contributed by atoms with Gasteiger partial charge < -0.3 is 24.3 Å². The normalized spacial score (nSPS) is 33.0. The van der Waals surface area contributed by atoms with Crippen molar-refractivity contribution < 1.29 is 23.7 Å². The predicted molar refractivity (Wildman–Crippen MR) is 150 cm³/mol. The Morgan fingerprint density at radius 1 is 1.10 bits per heavy atom. The van der Waals surface area contributed by atoms with Gasteiger partial charge in [0, 0.05) is 36.0 Å². The molecule has 8 heteroatoms. The molecular formula is C32H37ClN2O5. The lowest BCUT2D eigenvalue weighted by molar-refractivity contribution is -0.268. The minimum Gasteiger partial charge on any atom is -0.493 e. The number of likely N-dealkylation sites (tertiary alicyclic amines) is 1. The van der Waals surface area contributed by atoms with Crippen LogP contribution in [-0.4, -0.2) is 67.7 Å². The molecule has 1 amide bonds. The fraction of sp³-hybridized carbons (Fsp3) is 0.594. The Bertz CT molecular complexity index is 1340. The zero-order valence-electron chi connectivity index (χ0n) is 23.0. The van der Waals surface area contributed by atoms with Crippen LogP contribution in [0.1, 0.15) is 55.2 Å². The molecule has 2 saturated heterocycles. The lowest BCUT2D eigenvalue weighted by atomic mass is 9.46. The van der Waals surface area contributed by atoms with E-state index >= 15 is 0 Å². The third-order valence-corrected chi connectivity index (χ3v) is 11.0. The van der Waals surface area contributed by atoms with Crippen LogP contribution >= 0.6 is 11.6 Å². The number of carbonyl (C=O) groups is 1. The van der Waals surface area contributed by atoms with Crippen molar-refractivity contribution >= 4 is 17.5 Å². The number of rotatable bonds is 7. The molecule has 2 aromatic rings. The summed E-state index contributed by atoms with van der Waals surface area (Å²) in [6.07, 6.45) is 6.64. The molecule has 3 heterocycles. The van der Waals surface area contributed by atoms with Gasteiger partial charge in [-0.05, 0) is 80.3 Å². The van der Waals surface area contributed by atoms with Gasteiger partial charge >= 0.3 is 0 Å². The molecule has 4 fully saturated rings. The number of aryl methyl sites for hydroxylation is 1. The first kappa shape index (κ1) is 25.4. The van der Waals surface area contributed by atoms with E-state index in [2.05, 4.69) is 16.3 Å². The smallest absolute Gasteiger partial charge is 0.220 e. The van der Waals surface area contributed by atoms with Gasteiger partial charge in [0.2, 0.25) is 11.7 Å². The Kier molecular flexibility index (Phi) is 5.77. The molecule has 3 aliphatic heterocycles. The van der Waals surface area contributed by atoms with E-state index < -0.39 is 16.7 Å². The summed E-state index contributed by atoms with van der Waals surface area (Å²) in [5.74, 6) is 1.62. The second kappa shape index (κ2) is 9.09. The summed E-state index contributed by atoms with van der Waals surface area (Å²) in [6, 6.07) is 12.3. The minimum atomic E-state index is -0.806. The standard InChI is InChI=1S/C32H37ClN2O5/c1-37-24-10-7-22-18-25-31(34-26(36)11-6-20-4-8-23(33)9-5-20)12-13-32(38-16-17-39-32)29-30(31,27(22)28(24)40-29)14-15-35(25)19-21-2-3-21/h4-5,7-10,21,25,29H,2-3,6,11-19H2,1H3,(H,34,36)/t25-,29+,30-,31+/m0/s1. The maximum Gasteiger partial charge on any atom is 0.220 e. The molecule has 2 bridgehead atoms. The Morgan fingerprint density at radius 3 is 2.65 bits per heavy atom. The summed E-state index contributed by atoms with van der Waals surface area (Å²) in [6.45, 7) is 3.21. The molecule has 2 saturated carbocycles. The van der Waals surface area contributed by atoms with Gasteiger partial charge in [0.05, 0.1) is 31.3 Å². The lowest BCUT2D eigenvalue weighted by Crippen LogP contribution is -2.84. The highest BCUT2D eigenvalue weighted by Crippen LogP contribution is 2.68. The average molecular weight is 565 g/mol. The Balaban J connectivity index is 1.23. The molecule has 6 aliphatic rings. The van der Waals surface area contributed by atoms with Gasteiger partial charge in [0.15, 0.2) is 17.6 Å². The van der Waals surface area contributed by atoms with E-state index in [-0.39, 0.29) is 18.1 Å². The van der Waals surface area contributed by atoms with E-state index in [0.29, 0.717) is 37.5 Å². The Labute approximate surface area is 240 Å². The SMILES string of the molecule is COc1ccc2c3c1O[C@H]1C4(CC[C@@]5(NC(=O)CCc6ccc(Cl)cc6)[C@H](C2)N(CC2CC2)CC[C@]315)OCCO4. The number of hydrogen-bond donors (Lipinski definition) is 1. The maximum atomic E-state index is 14.0. The van der Waals surface area contributed by atoms with Crippen molar-refractivity contribution in [1.82, 2.24) is 10.2 Å². The van der Waals surface area contributed by atoms with E-state index in [1.54, 1.807) is 7.11 Å². The molecule has 3 aliphatic carbocycles. The van der Waals surface area contributed by atoms with Crippen molar-refractivity contribution in [2.75, 3.05) is 33.4 Å². The third kappa shape index (κ3) is 3.50. The molecule has 0 radical (unpaired) electrons. The summed E-state index contributed by atoms with van der Waals surface area (Å²) in [4.78, 5) is 16.7. The van der Waals surface area contributed by atoms with Crippen molar-refractivity contribution in [3.63, 3.8) is 0 Å². The Morgan fingerprint density at radius 2 is 1.90 bits per heavy atom. The third-order valence-electron chi connectivity index (χ3n) is 10.7. The van der Waals surface area contributed by atoms with Crippen LogP contribution in [-0.2, 0) is 32.5 Å². The number of methoxy groups -OCH3 is 1. The molecule has 0 unspecified atom stereocenters. The predicted octanol–water partition coefficient (Wildman–Crippen LogP) is 4.41. The second-order valence-corrected chi connectivity index (χ2v) is 13.1. The van der Waals surface area contributed by atoms with Gasteiger partial charge in [0.25, 0.3) is 0 Å². The molecule has 8 rings (SSSR count). The number of amides is 1. The van der Waals surface area contributed by atoms with Crippen molar-refractivity contribution in [3.8, 4) is 11.5 Å². The van der Waals surface area contributed by atoms with Crippen molar-refractivity contribution in [2.24, 2.45) is 5.92 Å². The summed E-state index contributed by atoms with van der Waals surface area (Å²) < 4.78 is 25.7. The summed E-state index contributed by atoms with van der Waals surface area (Å²) in [5, 5.41) is 4.45. The molecule has 40 heavy (non-hydrogen) atoms. The van der Waals surface area contributed by atoms with Crippen LogP contribution in [0.3, 0.4) is 0 Å². The number of piperidine rings is 1. The van der Waals surface area contributed by atoms with E-state index in [9.17, 15) is 4.79 Å². The van der Waals surface area contributed by atoms with Crippen molar-refractivity contribution in [1.29, 1.82) is 0 Å². The fourth-order valence-corrected chi connectivity index (χ4v) is 9.00. The molecule has 1 N–H and O–H groups in total. The van der Waals surface area contributed by atoms with E-state index in [0.717, 1.165) is 55.3 Å². The van der Waals surface area contributed by atoms with E-state index in [1.165, 1.54) is 24.0 Å². The van der Waals surface area contributed by atoms with Crippen LogP contribution in [0.4, 0.5) is 0 Å². The first-order valence-corrected chi connectivity index (χ1v) is 15.3. The van der Waals surface area contributed by atoms with Crippen LogP contribution < -0.4 is 14.8 Å². The monoisotopic (exact) mass is 564 g/mol. The fourth-order valence-electron chi connectivity index (χ4n) is 8.88. The minimum absolute atomic E-state index is 0.0929. The highest BCUT2D eigenvalue weighted by atomic mass is 35.5. The van der Waals surface area contributed by atoms with E-state index in [4.69, 9.17) is 30.5 Å². The number of fused-ring (bicyclic) bond motifs is 1. The number of nitrogens with zero attached hydrogens (tertiary/aromatic N) is 1. The van der Waals surface area contributed by atoms with Crippen LogP contribution in [0.5, 0.6) is 11.5 Å². The van der Waals surface area contributed by atoms with Gasteiger partial charge in [-0.25, -0.2) is 0 Å². The number of nitrogens with one attached hydrogen (secondary N) is 1. The molecule has 212 valence electrons. The average Bonchev–Trinajstić information content (AvgIpc) is 3.52. The first-order chi connectivity index (χ1) is 19.5. The van der Waals surface area contributed by atoms with Crippen molar-refractivity contribution in [3.05, 3.63) is 58.1 Å². The highest BCUT2D eigenvalue weighted by Gasteiger charge is 2.78. The quantitative estimate of drug-likeness (QED) is 0.537. The van der Waals surface area contributed by atoms with Crippen LogP contribution in [0.25, 0.3) is 0 Å². The van der Waals surface area contributed by atoms with Crippen molar-refractivity contribution in [2.45, 2.75) is 80.3 Å². The molecule has 2 spiro atoms. The number of halogens is 1. The number of carbonyl (C=O) groups excluding carboxylic acids is 1. The van der Waals surface area contributed by atoms with E-state index in [1.807, 2.05) is 30.3 Å². The molecular weight excluding hydrogens is 528 g/mol. The summed E-state index contributed by atoms with van der Waals surface area (Å²) in [5.41, 5.74) is 2.71. The summed E-state index contributed by atoms with van der Waals surface area (Å²) >= 11 is 6.09. The van der Waals surface area contributed by atoms with Crippen LogP contribution in [0.15, 0.2) is 36.4 Å². The number of ether oxygens (including phenoxy) is 4. The van der Waals surface area contributed by atoms with Gasteiger partial charge in [-0.2, -0.15) is 0 Å². The highest BCUT2D eigenvalue weighted by molar-refractivity contribution is 6.30. The Hall–Kier alpha value is -2.32. The van der Waals surface area contributed by atoms with Gasteiger partial charge in [-0.1, -0.05) is 29.8 Å². The molecule has 7 nitrogen and oxygen atoms in total.